The number of carbonyl (C=O) groups excluding carboxylic acids is 2. The van der Waals surface area contributed by atoms with Gasteiger partial charge in [0.2, 0.25) is 18.2 Å². The molecule has 14 nitrogen and oxygen atoms in total. The van der Waals surface area contributed by atoms with Crippen LogP contribution in [0, 0.1) is 11.8 Å². The summed E-state index contributed by atoms with van der Waals surface area (Å²) in [6.45, 7) is 9.36. The number of aromatic nitrogens is 6. The first-order chi connectivity index (χ1) is 27.2. The van der Waals surface area contributed by atoms with E-state index in [9.17, 15) is 9.59 Å². The lowest BCUT2D eigenvalue weighted by Gasteiger charge is -2.30. The van der Waals surface area contributed by atoms with Crippen LogP contribution in [-0.4, -0.2) is 90.2 Å². The van der Waals surface area contributed by atoms with E-state index in [1.165, 1.54) is 19.8 Å². The number of amides is 2. The summed E-state index contributed by atoms with van der Waals surface area (Å²) in [4.78, 5) is 69.6. The predicted molar refractivity (Wildman–Crippen MR) is 214 cm³/mol. The lowest BCUT2D eigenvalue weighted by Crippen LogP contribution is -2.45. The monoisotopic (exact) mass is 758 g/mol. The Hall–Kier alpha value is -5.89. The molecule has 0 unspecified atom stereocenters. The molecule has 7 rings (SSSR count). The molecule has 2 saturated heterocycles. The lowest BCUT2D eigenvalue weighted by atomic mass is 10.0. The highest BCUT2D eigenvalue weighted by atomic mass is 17.2. The third-order valence-corrected chi connectivity index (χ3v) is 10.7. The van der Waals surface area contributed by atoms with Gasteiger partial charge in [-0.1, -0.05) is 76.2 Å². The SMILES string of the molecule is COOC=N[C@H](C(=O)N1CCC[C@H]1c1ncc(-c2ccc(-c3ccc(-c4cnc([C@@H]5CCCN5C(=O)[C@@H](Nc5cncnc5)C(C)C)[nH]4)cc3)cc2)[nH]1)C(C)C. The minimum atomic E-state index is -0.568. The summed E-state index contributed by atoms with van der Waals surface area (Å²) in [5, 5.41) is 3.34. The Kier molecular flexibility index (Phi) is 11.8. The zero-order valence-electron chi connectivity index (χ0n) is 32.6. The molecular weight excluding hydrogens is 709 g/mol. The van der Waals surface area contributed by atoms with E-state index in [0.29, 0.717) is 13.1 Å². The Morgan fingerprint density at radius 1 is 0.750 bits per heavy atom. The second-order valence-corrected chi connectivity index (χ2v) is 15.1. The van der Waals surface area contributed by atoms with Gasteiger partial charge in [-0.3, -0.25) is 9.59 Å². The molecule has 3 N–H and O–H groups in total. The van der Waals surface area contributed by atoms with Crippen LogP contribution in [0.25, 0.3) is 33.6 Å². The molecule has 56 heavy (non-hydrogen) atoms. The fourth-order valence-corrected chi connectivity index (χ4v) is 7.69. The summed E-state index contributed by atoms with van der Waals surface area (Å²) in [6.07, 6.45) is 13.2. The zero-order chi connectivity index (χ0) is 39.2. The number of H-pyrrole nitrogens is 2. The van der Waals surface area contributed by atoms with E-state index < -0.39 is 12.1 Å². The van der Waals surface area contributed by atoms with Crippen molar-refractivity contribution in [3.63, 3.8) is 0 Å². The maximum atomic E-state index is 13.8. The van der Waals surface area contributed by atoms with Crippen molar-refractivity contribution in [1.29, 1.82) is 0 Å². The Bertz CT molecular complexity index is 2100. The van der Waals surface area contributed by atoms with Crippen molar-refractivity contribution < 1.29 is 19.4 Å². The van der Waals surface area contributed by atoms with Crippen LogP contribution in [0.1, 0.15) is 77.1 Å². The van der Waals surface area contributed by atoms with Gasteiger partial charge in [0.1, 0.15) is 30.1 Å². The molecule has 2 aromatic carbocycles. The number of hydrogen-bond donors (Lipinski definition) is 3. The van der Waals surface area contributed by atoms with Crippen molar-refractivity contribution in [2.45, 2.75) is 77.5 Å². The van der Waals surface area contributed by atoms with Gasteiger partial charge < -0.3 is 30.0 Å². The maximum Gasteiger partial charge on any atom is 0.248 e. The number of carbonyl (C=O) groups is 2. The fourth-order valence-electron chi connectivity index (χ4n) is 7.69. The summed E-state index contributed by atoms with van der Waals surface area (Å²) in [7, 11) is 1.40. The van der Waals surface area contributed by atoms with Gasteiger partial charge in [0.05, 0.1) is 61.1 Å². The largest absolute Gasteiger partial charge is 0.371 e. The van der Waals surface area contributed by atoms with Crippen molar-refractivity contribution >= 4 is 23.9 Å². The minimum Gasteiger partial charge on any atom is -0.371 e. The maximum absolute atomic E-state index is 13.8. The predicted octanol–water partition coefficient (Wildman–Crippen LogP) is 7.02. The topological polar surface area (TPSA) is 167 Å². The van der Waals surface area contributed by atoms with Crippen LogP contribution in [0.4, 0.5) is 5.69 Å². The molecule has 5 heterocycles. The first-order valence-corrected chi connectivity index (χ1v) is 19.4. The van der Waals surface area contributed by atoms with E-state index >= 15 is 0 Å². The minimum absolute atomic E-state index is 0.00402. The quantitative estimate of drug-likeness (QED) is 0.0467. The number of likely N-dealkylation sites (tertiary alicyclic amines) is 2. The van der Waals surface area contributed by atoms with Crippen molar-refractivity contribution in [1.82, 2.24) is 39.7 Å². The molecule has 3 aromatic heterocycles. The summed E-state index contributed by atoms with van der Waals surface area (Å²) < 4.78 is 0. The number of nitrogens with zero attached hydrogens (tertiary/aromatic N) is 7. The van der Waals surface area contributed by atoms with E-state index in [0.717, 1.165) is 76.7 Å². The van der Waals surface area contributed by atoms with Crippen molar-refractivity contribution in [2.75, 3.05) is 25.5 Å². The summed E-state index contributed by atoms with van der Waals surface area (Å²) in [5.74, 6) is 1.65. The normalized spacial score (nSPS) is 18.3. The van der Waals surface area contributed by atoms with E-state index in [1.807, 2.05) is 49.9 Å². The van der Waals surface area contributed by atoms with Crippen LogP contribution >= 0.6 is 0 Å². The Morgan fingerprint density at radius 2 is 1.25 bits per heavy atom. The number of benzene rings is 2. The zero-order valence-corrected chi connectivity index (χ0v) is 32.6. The first-order valence-electron chi connectivity index (χ1n) is 19.4. The van der Waals surface area contributed by atoms with Crippen LogP contribution in [0.2, 0.25) is 0 Å². The number of aromatic amines is 2. The highest BCUT2D eigenvalue weighted by molar-refractivity contribution is 5.86. The van der Waals surface area contributed by atoms with Gasteiger partial charge in [-0.05, 0) is 59.8 Å². The van der Waals surface area contributed by atoms with E-state index in [-0.39, 0.29) is 35.7 Å². The van der Waals surface area contributed by atoms with Crippen LogP contribution in [0.3, 0.4) is 0 Å². The molecule has 2 fully saturated rings. The molecular formula is C42H50N10O4. The van der Waals surface area contributed by atoms with Gasteiger partial charge in [0, 0.05) is 13.1 Å². The highest BCUT2D eigenvalue weighted by Gasteiger charge is 2.38. The van der Waals surface area contributed by atoms with Gasteiger partial charge in [-0.2, -0.15) is 4.89 Å². The van der Waals surface area contributed by atoms with Crippen molar-refractivity contribution in [3.8, 4) is 33.6 Å². The Morgan fingerprint density at radius 3 is 1.73 bits per heavy atom. The highest BCUT2D eigenvalue weighted by Crippen LogP contribution is 2.35. The first kappa shape index (κ1) is 38.4. The number of anilines is 1. The van der Waals surface area contributed by atoms with Crippen molar-refractivity contribution in [2.24, 2.45) is 16.8 Å². The molecule has 0 aliphatic carbocycles. The third kappa shape index (κ3) is 8.35. The van der Waals surface area contributed by atoms with Crippen LogP contribution in [0.15, 0.2) is 84.6 Å². The van der Waals surface area contributed by atoms with E-state index in [1.54, 1.807) is 12.4 Å². The second-order valence-electron chi connectivity index (χ2n) is 15.1. The van der Waals surface area contributed by atoms with E-state index in [4.69, 9.17) is 14.9 Å². The number of nitrogens with one attached hydrogen (secondary N) is 3. The molecule has 292 valence electrons. The third-order valence-electron chi connectivity index (χ3n) is 10.7. The van der Waals surface area contributed by atoms with Crippen molar-refractivity contribution in [3.05, 3.63) is 91.3 Å². The number of aliphatic imine (C=N–C) groups is 1. The Labute approximate surface area is 327 Å². The van der Waals surface area contributed by atoms with Crippen LogP contribution < -0.4 is 5.32 Å². The lowest BCUT2D eigenvalue weighted by molar-refractivity contribution is -0.188. The average Bonchev–Trinajstić information content (AvgIpc) is 4.06. The number of rotatable bonds is 14. The molecule has 2 aliphatic heterocycles. The van der Waals surface area contributed by atoms with Crippen LogP contribution in [0.5, 0.6) is 0 Å². The molecule has 5 aromatic rings. The van der Waals surface area contributed by atoms with Gasteiger partial charge in [0.15, 0.2) is 0 Å². The van der Waals surface area contributed by atoms with Gasteiger partial charge in [-0.15, -0.1) is 0 Å². The summed E-state index contributed by atoms with van der Waals surface area (Å²) in [6, 6.07) is 15.5. The van der Waals surface area contributed by atoms with E-state index in [2.05, 4.69) is 83.7 Å². The Balaban J connectivity index is 0.996. The fraction of sp³-hybridized carbons (Fsp3) is 0.405. The van der Waals surface area contributed by atoms with Crippen LogP contribution in [-0.2, 0) is 19.4 Å². The molecule has 0 spiro atoms. The molecule has 0 radical (unpaired) electrons. The molecule has 0 bridgehead atoms. The molecule has 4 atom stereocenters. The molecule has 0 saturated carbocycles. The second kappa shape index (κ2) is 17.3. The smallest absolute Gasteiger partial charge is 0.248 e. The van der Waals surface area contributed by atoms with Gasteiger partial charge in [-0.25, -0.2) is 24.9 Å². The average molecular weight is 759 g/mol. The molecule has 2 amide bonds. The number of hydrogen-bond acceptors (Lipinski definition) is 10. The standard InChI is InChI=1S/C42H50N10O4/c1-26(2)37(47-25-56-55-5)41(53)51-18-6-8-35(51)39-45-22-33(49-39)30-14-10-28(11-15-30)29-12-16-31(17-13-29)34-23-46-40(50-34)36-9-7-19-52(36)42(54)38(27(3)4)48-32-20-43-24-44-21-32/h10-17,20-27,35-38,48H,6-9,18-19H2,1-5H3,(H,45,49)(H,46,50)/t35-,36-,37-,38-/m0/s1. The van der Waals surface area contributed by atoms with Gasteiger partial charge in [0.25, 0.3) is 0 Å². The summed E-state index contributed by atoms with van der Waals surface area (Å²) in [5.41, 5.74) is 6.74. The summed E-state index contributed by atoms with van der Waals surface area (Å²) >= 11 is 0. The molecule has 2 aliphatic rings. The number of imidazole rings is 2. The molecule has 14 heteroatoms. The van der Waals surface area contributed by atoms with Gasteiger partial charge >= 0.3 is 0 Å².